The number of anilines is 1. The molecule has 1 aliphatic heterocycles. The number of rotatable bonds is 5. The van der Waals surface area contributed by atoms with Crippen LogP contribution in [0.4, 0.5) is 11.6 Å². The number of aromatic nitrogens is 2. The first kappa shape index (κ1) is 25.1. The molecule has 6 nitrogen and oxygen atoms in total. The first-order valence-corrected chi connectivity index (χ1v) is 12.1. The molecule has 0 fully saturated rings. The number of nitrogens with zero attached hydrogens (tertiary/aromatic N) is 4. The number of ether oxygens (including phenoxy) is 1. The van der Waals surface area contributed by atoms with Crippen LogP contribution in [0.2, 0.25) is 0 Å². The lowest BCUT2D eigenvalue weighted by Crippen LogP contribution is -2.15. The van der Waals surface area contributed by atoms with E-state index in [9.17, 15) is 0 Å². The number of nitrogens with one attached hydrogen (secondary N) is 1. The second-order valence-corrected chi connectivity index (χ2v) is 10.9. The zero-order valence-corrected chi connectivity index (χ0v) is 21.9. The van der Waals surface area contributed by atoms with Gasteiger partial charge in [0.15, 0.2) is 11.7 Å². The number of hydrogen-bond acceptors (Lipinski definition) is 5. The minimum atomic E-state index is -0.0107. The third kappa shape index (κ3) is 5.80. The number of terminal acetylenes is 1. The van der Waals surface area contributed by atoms with Gasteiger partial charge in [-0.15, -0.1) is 12.3 Å². The molecule has 0 amide bonds. The lowest BCUT2D eigenvalue weighted by molar-refractivity contribution is 0.327. The monoisotopic (exact) mass is 479 g/mol. The number of fused-ring (bicyclic) bond motifs is 1. The molecule has 3 aromatic rings. The Balaban J connectivity index is 1.74. The fraction of sp³-hybridized carbons (Fsp3) is 0.333. The molecule has 4 rings (SSSR count). The first-order chi connectivity index (χ1) is 17.0. The van der Waals surface area contributed by atoms with Crippen molar-refractivity contribution in [3.63, 3.8) is 0 Å². The summed E-state index contributed by atoms with van der Waals surface area (Å²) in [6, 6.07) is 14.0. The van der Waals surface area contributed by atoms with Gasteiger partial charge in [-0.2, -0.15) is 0 Å². The molecule has 0 atom stereocenters. The van der Waals surface area contributed by atoms with Crippen molar-refractivity contribution in [2.75, 3.05) is 11.9 Å². The molecule has 2 aromatic heterocycles. The Hall–Kier alpha value is -3.98. The van der Waals surface area contributed by atoms with E-state index in [1.165, 1.54) is 5.56 Å². The predicted octanol–water partition coefficient (Wildman–Crippen LogP) is 6.42. The van der Waals surface area contributed by atoms with Crippen molar-refractivity contribution in [1.29, 1.82) is 0 Å². The van der Waals surface area contributed by atoms with Gasteiger partial charge in [0.05, 0.1) is 6.61 Å². The van der Waals surface area contributed by atoms with Gasteiger partial charge in [-0.1, -0.05) is 41.5 Å². The summed E-state index contributed by atoms with van der Waals surface area (Å²) in [6.07, 6.45) is 9.53. The Morgan fingerprint density at radius 2 is 1.58 bits per heavy atom. The van der Waals surface area contributed by atoms with E-state index in [0.29, 0.717) is 30.5 Å². The smallest absolute Gasteiger partial charge is 0.164 e. The van der Waals surface area contributed by atoms with E-state index in [0.717, 1.165) is 28.3 Å². The standard InChI is InChI=1S/C30H33N5O/c1-8-9-16-36-22-10-11-23-24(19-22)28(34-26-18-21(13-15-32-26)30(5,6)7)35-27(23)33-25-17-20(12-14-31-25)29(2,3)4/h1,10-15,17-19H,9,16H2,2-7H3,(H,31,32,33,34,35). The van der Waals surface area contributed by atoms with Gasteiger partial charge in [0, 0.05) is 29.9 Å². The second kappa shape index (κ2) is 9.94. The molecule has 1 aliphatic rings. The average Bonchev–Trinajstić information content (AvgIpc) is 3.15. The van der Waals surface area contributed by atoms with E-state index in [1.54, 1.807) is 6.20 Å². The van der Waals surface area contributed by atoms with Crippen LogP contribution in [-0.2, 0) is 10.8 Å². The summed E-state index contributed by atoms with van der Waals surface area (Å²) >= 11 is 0. The zero-order valence-electron chi connectivity index (χ0n) is 21.9. The maximum absolute atomic E-state index is 5.84. The van der Waals surface area contributed by atoms with Crippen molar-refractivity contribution >= 4 is 23.3 Å². The minimum absolute atomic E-state index is 0.00967. The Morgan fingerprint density at radius 1 is 0.889 bits per heavy atom. The SMILES string of the molecule is C#CCCOc1ccc2c(c1)C(=Nc1cc(C(C)(C)C)ccn1)N=C2Nc1cc(C(C)(C)C)ccn1. The number of aliphatic imine (C=N–C) groups is 2. The van der Waals surface area contributed by atoms with Gasteiger partial charge < -0.3 is 10.1 Å². The van der Waals surface area contributed by atoms with Crippen LogP contribution >= 0.6 is 0 Å². The Labute approximate surface area is 214 Å². The summed E-state index contributed by atoms with van der Waals surface area (Å²) in [5.74, 6) is 5.92. The van der Waals surface area contributed by atoms with E-state index in [2.05, 4.69) is 68.8 Å². The van der Waals surface area contributed by atoms with Gasteiger partial charge in [0.1, 0.15) is 17.4 Å². The molecular formula is C30H33N5O. The van der Waals surface area contributed by atoms with Crippen molar-refractivity contribution in [2.24, 2.45) is 9.98 Å². The topological polar surface area (TPSA) is 71.8 Å². The fourth-order valence-corrected chi connectivity index (χ4v) is 3.78. The lowest BCUT2D eigenvalue weighted by atomic mass is 9.88. The Kier molecular flexibility index (Phi) is 6.94. The van der Waals surface area contributed by atoms with Crippen LogP contribution in [0, 0.1) is 12.3 Å². The summed E-state index contributed by atoms with van der Waals surface area (Å²) in [7, 11) is 0. The predicted molar refractivity (Wildman–Crippen MR) is 148 cm³/mol. The molecule has 0 radical (unpaired) electrons. The molecule has 0 saturated carbocycles. The van der Waals surface area contributed by atoms with Crippen LogP contribution in [0.5, 0.6) is 5.75 Å². The van der Waals surface area contributed by atoms with Crippen molar-refractivity contribution in [2.45, 2.75) is 58.8 Å². The molecule has 0 aliphatic carbocycles. The number of benzene rings is 1. The summed E-state index contributed by atoms with van der Waals surface area (Å²) < 4.78 is 5.84. The van der Waals surface area contributed by atoms with Gasteiger partial charge in [0.2, 0.25) is 0 Å². The molecule has 1 aromatic carbocycles. The van der Waals surface area contributed by atoms with Crippen LogP contribution in [0.25, 0.3) is 0 Å². The van der Waals surface area contributed by atoms with Crippen LogP contribution in [0.1, 0.15) is 70.2 Å². The zero-order chi connectivity index (χ0) is 25.9. The van der Waals surface area contributed by atoms with E-state index >= 15 is 0 Å². The van der Waals surface area contributed by atoms with E-state index in [1.807, 2.05) is 42.6 Å². The molecular weight excluding hydrogens is 446 g/mol. The third-order valence-corrected chi connectivity index (χ3v) is 5.92. The molecule has 3 heterocycles. The number of hydrogen-bond donors (Lipinski definition) is 1. The van der Waals surface area contributed by atoms with Crippen molar-refractivity contribution in [3.05, 3.63) is 77.1 Å². The van der Waals surface area contributed by atoms with E-state index in [4.69, 9.17) is 21.1 Å². The van der Waals surface area contributed by atoms with Crippen LogP contribution in [-0.4, -0.2) is 28.2 Å². The fourth-order valence-electron chi connectivity index (χ4n) is 3.78. The third-order valence-electron chi connectivity index (χ3n) is 5.92. The first-order valence-electron chi connectivity index (χ1n) is 12.1. The molecule has 0 unspecified atom stereocenters. The molecule has 6 heteroatoms. The molecule has 0 bridgehead atoms. The summed E-state index contributed by atoms with van der Waals surface area (Å²) in [5, 5.41) is 3.40. The van der Waals surface area contributed by atoms with E-state index < -0.39 is 0 Å². The molecule has 0 spiro atoms. The van der Waals surface area contributed by atoms with E-state index in [-0.39, 0.29) is 10.8 Å². The van der Waals surface area contributed by atoms with Gasteiger partial charge >= 0.3 is 0 Å². The maximum Gasteiger partial charge on any atom is 0.164 e. The summed E-state index contributed by atoms with van der Waals surface area (Å²) in [5.41, 5.74) is 4.14. The van der Waals surface area contributed by atoms with Gasteiger partial charge in [0.25, 0.3) is 0 Å². The van der Waals surface area contributed by atoms with Gasteiger partial charge in [-0.3, -0.25) is 0 Å². The maximum atomic E-state index is 5.84. The molecule has 184 valence electrons. The number of amidine groups is 2. The van der Waals surface area contributed by atoms with Crippen molar-refractivity contribution in [1.82, 2.24) is 9.97 Å². The van der Waals surface area contributed by atoms with Gasteiger partial charge in [-0.05, 0) is 64.4 Å². The molecule has 36 heavy (non-hydrogen) atoms. The second-order valence-electron chi connectivity index (χ2n) is 10.9. The quantitative estimate of drug-likeness (QED) is 0.338. The highest BCUT2D eigenvalue weighted by Crippen LogP contribution is 2.30. The number of pyridine rings is 2. The summed E-state index contributed by atoms with van der Waals surface area (Å²) in [6.45, 7) is 13.5. The molecule has 0 saturated heterocycles. The Morgan fingerprint density at radius 3 is 2.28 bits per heavy atom. The average molecular weight is 480 g/mol. The van der Waals surface area contributed by atoms with Gasteiger partial charge in [-0.25, -0.2) is 20.0 Å². The highest BCUT2D eigenvalue weighted by Gasteiger charge is 2.24. The van der Waals surface area contributed by atoms with Crippen LogP contribution in [0.3, 0.4) is 0 Å². The lowest BCUT2D eigenvalue weighted by Gasteiger charge is -2.19. The molecule has 1 N–H and O–H groups in total. The van der Waals surface area contributed by atoms with Crippen molar-refractivity contribution < 1.29 is 4.74 Å². The summed E-state index contributed by atoms with van der Waals surface area (Å²) in [4.78, 5) is 18.7. The Bertz CT molecular complexity index is 1370. The minimum Gasteiger partial charge on any atom is -0.493 e. The van der Waals surface area contributed by atoms with Crippen molar-refractivity contribution in [3.8, 4) is 18.1 Å². The highest BCUT2D eigenvalue weighted by molar-refractivity contribution is 6.26. The van der Waals surface area contributed by atoms with Crippen LogP contribution in [0.15, 0.2) is 64.8 Å². The highest BCUT2D eigenvalue weighted by atomic mass is 16.5. The van der Waals surface area contributed by atoms with Crippen LogP contribution < -0.4 is 10.1 Å². The normalized spacial score (nSPS) is 14.2. The largest absolute Gasteiger partial charge is 0.493 e.